The van der Waals surface area contributed by atoms with Gasteiger partial charge >= 0.3 is 5.97 Å². The second kappa shape index (κ2) is 11.6. The lowest BCUT2D eigenvalue weighted by atomic mass is 9.51. The minimum Gasteiger partial charge on any atom is -0.468 e. The molecule has 4 aliphatic rings. The van der Waals surface area contributed by atoms with Crippen molar-refractivity contribution in [3.05, 3.63) is 52.6 Å². The van der Waals surface area contributed by atoms with Crippen molar-refractivity contribution < 1.29 is 24.2 Å². The van der Waals surface area contributed by atoms with Gasteiger partial charge < -0.3 is 20.9 Å². The normalized spacial score (nSPS) is 31.1. The molecule has 0 aromatic heterocycles. The van der Waals surface area contributed by atoms with E-state index in [4.69, 9.17) is 5.73 Å². The third kappa shape index (κ3) is 5.40. The summed E-state index contributed by atoms with van der Waals surface area (Å²) in [5.41, 5.74) is 10.5. The number of benzene rings is 1. The van der Waals surface area contributed by atoms with Gasteiger partial charge in [-0.1, -0.05) is 30.6 Å². The van der Waals surface area contributed by atoms with E-state index in [1.165, 1.54) is 29.4 Å². The molecule has 0 amide bonds. The maximum Gasteiger partial charge on any atom is 0.322 e. The number of anilines is 1. The summed E-state index contributed by atoms with van der Waals surface area (Å²) in [5, 5.41) is 15.0. The highest BCUT2D eigenvalue weighted by Gasteiger charge is 2.62. The van der Waals surface area contributed by atoms with Gasteiger partial charge in [-0.15, -0.1) is 5.92 Å². The molecule has 0 heterocycles. The van der Waals surface area contributed by atoms with Crippen molar-refractivity contribution in [3.63, 3.8) is 0 Å². The van der Waals surface area contributed by atoms with Crippen LogP contribution in [0, 0.1) is 29.1 Å². The smallest absolute Gasteiger partial charge is 0.322 e. The van der Waals surface area contributed by atoms with E-state index in [1.807, 2.05) is 25.1 Å². The molecule has 4 N–H and O–H groups in total. The van der Waals surface area contributed by atoms with Crippen molar-refractivity contribution in [2.75, 3.05) is 19.0 Å². The summed E-state index contributed by atoms with van der Waals surface area (Å²) < 4.78 is 4.62. The SMILES string of the molecule is CC#C[C@]1(O)CC[C@H]2[C@@H]3CCC4=CC(=O)CCC4=C3[C@@H](c3ccc(NCC(=O)CC[C@H](N)C(=O)OC)cc3)C[C@@]21C. The fourth-order valence-electron chi connectivity index (χ4n) is 8.08. The van der Waals surface area contributed by atoms with E-state index in [0.29, 0.717) is 24.7 Å². The van der Waals surface area contributed by atoms with Crippen molar-refractivity contribution in [2.45, 2.75) is 89.2 Å². The Morgan fingerprint density at radius 3 is 2.66 bits per heavy atom. The Labute approximate surface area is 243 Å². The Balaban J connectivity index is 1.39. The standard InChI is InChI=1S/C34H42N2O5/c1-4-16-34(40)17-15-29-27-12-7-22-18-24(37)10-13-26(22)31(27)28(19-33(29,34)2)21-5-8-23(9-6-21)36-20-25(38)11-14-30(35)32(39)41-3/h5-6,8-9,18,27-30,36,40H,7,10-15,17,19-20,35H2,1-3H3/t27-,28+,29-,30-,33-,34-/m0/s1. The summed E-state index contributed by atoms with van der Waals surface area (Å²) in [6.45, 7) is 4.20. The van der Waals surface area contributed by atoms with Gasteiger partial charge in [-0.3, -0.25) is 14.4 Å². The Morgan fingerprint density at radius 2 is 1.95 bits per heavy atom. The molecule has 41 heavy (non-hydrogen) atoms. The highest BCUT2D eigenvalue weighted by molar-refractivity contribution is 5.93. The van der Waals surface area contributed by atoms with Gasteiger partial charge in [0.05, 0.1) is 13.7 Å². The van der Waals surface area contributed by atoms with Gasteiger partial charge in [-0.2, -0.15) is 0 Å². The first-order valence-corrected chi connectivity index (χ1v) is 14.9. The lowest BCUT2D eigenvalue weighted by Gasteiger charge is -2.53. The van der Waals surface area contributed by atoms with Crippen LogP contribution < -0.4 is 11.1 Å². The van der Waals surface area contributed by atoms with Gasteiger partial charge in [0, 0.05) is 29.9 Å². The number of nitrogens with two attached hydrogens (primary N) is 1. The number of hydrogen-bond donors (Lipinski definition) is 3. The molecule has 2 saturated carbocycles. The molecule has 218 valence electrons. The average molecular weight is 559 g/mol. The maximum absolute atomic E-state index is 12.4. The molecule has 5 rings (SSSR count). The van der Waals surface area contributed by atoms with Crippen molar-refractivity contribution in [3.8, 4) is 11.8 Å². The molecule has 7 heteroatoms. The van der Waals surface area contributed by atoms with Crippen molar-refractivity contribution in [2.24, 2.45) is 23.0 Å². The highest BCUT2D eigenvalue weighted by Crippen LogP contribution is 2.66. The zero-order chi connectivity index (χ0) is 29.4. The van der Waals surface area contributed by atoms with Gasteiger partial charge in [-0.05, 0) is 98.6 Å². The van der Waals surface area contributed by atoms with Crippen LogP contribution in [0.15, 0.2) is 47.1 Å². The van der Waals surface area contributed by atoms with Gasteiger partial charge in [0.1, 0.15) is 11.6 Å². The van der Waals surface area contributed by atoms with Crippen LogP contribution in [0.1, 0.15) is 83.1 Å². The van der Waals surface area contributed by atoms with Crippen molar-refractivity contribution >= 4 is 23.2 Å². The first-order valence-electron chi connectivity index (χ1n) is 14.9. The van der Waals surface area contributed by atoms with E-state index >= 15 is 0 Å². The quantitative estimate of drug-likeness (QED) is 0.315. The Bertz CT molecular complexity index is 1350. The lowest BCUT2D eigenvalue weighted by Crippen LogP contribution is -2.51. The summed E-state index contributed by atoms with van der Waals surface area (Å²) >= 11 is 0. The average Bonchev–Trinajstić information content (AvgIpc) is 3.23. The molecular formula is C34H42N2O5. The number of fused-ring (bicyclic) bond motifs is 4. The molecule has 0 spiro atoms. The van der Waals surface area contributed by atoms with Crippen molar-refractivity contribution in [1.29, 1.82) is 0 Å². The van der Waals surface area contributed by atoms with E-state index in [2.05, 4.69) is 41.0 Å². The molecule has 2 fully saturated rings. The molecule has 0 bridgehead atoms. The molecule has 4 aliphatic carbocycles. The number of allylic oxidation sites excluding steroid dienone is 4. The summed E-state index contributed by atoms with van der Waals surface area (Å²) in [6, 6.07) is 7.48. The molecular weight excluding hydrogens is 516 g/mol. The molecule has 0 radical (unpaired) electrons. The number of ether oxygens (including phenoxy) is 1. The largest absolute Gasteiger partial charge is 0.468 e. The highest BCUT2D eigenvalue weighted by atomic mass is 16.5. The van der Waals surface area contributed by atoms with Crippen LogP contribution in [0.3, 0.4) is 0 Å². The van der Waals surface area contributed by atoms with Crippen LogP contribution >= 0.6 is 0 Å². The molecule has 6 atom stereocenters. The second-order valence-corrected chi connectivity index (χ2v) is 12.5. The third-order valence-electron chi connectivity index (χ3n) is 10.3. The maximum atomic E-state index is 12.4. The third-order valence-corrected chi connectivity index (χ3v) is 10.3. The van der Waals surface area contributed by atoms with Gasteiger partial charge in [-0.25, -0.2) is 0 Å². The minimum absolute atomic E-state index is 0.0274. The fourth-order valence-corrected chi connectivity index (χ4v) is 8.08. The van der Waals surface area contributed by atoms with Gasteiger partial charge in [0.15, 0.2) is 11.6 Å². The van der Waals surface area contributed by atoms with E-state index in [1.54, 1.807) is 0 Å². The number of Topliss-reactive ketones (excluding diaryl/α,β-unsaturated/α-hetero) is 1. The second-order valence-electron chi connectivity index (χ2n) is 12.5. The predicted molar refractivity (Wildman–Crippen MR) is 158 cm³/mol. The van der Waals surface area contributed by atoms with E-state index in [-0.39, 0.29) is 42.3 Å². The fraction of sp³-hybridized carbons (Fsp3) is 0.559. The number of esters is 1. The van der Waals surface area contributed by atoms with Gasteiger partial charge in [0.25, 0.3) is 0 Å². The molecule has 0 unspecified atom stereocenters. The van der Waals surface area contributed by atoms with Crippen LogP contribution in [0.2, 0.25) is 0 Å². The number of methoxy groups -OCH3 is 1. The van der Waals surface area contributed by atoms with E-state index in [0.717, 1.165) is 37.8 Å². The van der Waals surface area contributed by atoms with E-state index in [9.17, 15) is 19.5 Å². The van der Waals surface area contributed by atoms with Crippen LogP contribution in [0.25, 0.3) is 0 Å². The topological polar surface area (TPSA) is 119 Å². The molecule has 7 nitrogen and oxygen atoms in total. The molecule has 0 saturated heterocycles. The predicted octanol–water partition coefficient (Wildman–Crippen LogP) is 4.60. The van der Waals surface area contributed by atoms with Crippen molar-refractivity contribution in [1.82, 2.24) is 0 Å². The van der Waals surface area contributed by atoms with Crippen LogP contribution in [-0.2, 0) is 19.1 Å². The Hall–Kier alpha value is -3.21. The Morgan fingerprint density at radius 1 is 1.20 bits per heavy atom. The number of aliphatic hydroxyl groups is 1. The Kier molecular flexibility index (Phi) is 8.27. The summed E-state index contributed by atoms with van der Waals surface area (Å²) in [7, 11) is 1.28. The number of carbonyl (C=O) groups is 3. The summed E-state index contributed by atoms with van der Waals surface area (Å²) in [5.74, 6) is 6.78. The lowest BCUT2D eigenvalue weighted by molar-refractivity contribution is -0.142. The van der Waals surface area contributed by atoms with Crippen LogP contribution in [0.5, 0.6) is 0 Å². The number of hydrogen-bond acceptors (Lipinski definition) is 7. The zero-order valence-corrected chi connectivity index (χ0v) is 24.4. The molecule has 0 aliphatic heterocycles. The minimum atomic E-state index is -1.00. The first kappa shape index (κ1) is 29.3. The van der Waals surface area contributed by atoms with Crippen LogP contribution in [0.4, 0.5) is 5.69 Å². The van der Waals surface area contributed by atoms with Crippen LogP contribution in [-0.4, -0.2) is 47.9 Å². The van der Waals surface area contributed by atoms with E-state index < -0.39 is 17.6 Å². The monoisotopic (exact) mass is 558 g/mol. The number of carbonyl (C=O) groups excluding carboxylic acids is 3. The zero-order valence-electron chi connectivity index (χ0n) is 24.4. The number of nitrogens with one attached hydrogen (secondary N) is 1. The van der Waals surface area contributed by atoms with Gasteiger partial charge in [0.2, 0.25) is 0 Å². The number of ketones is 2. The molecule has 1 aromatic carbocycles. The first-order chi connectivity index (χ1) is 19.6. The molecule has 1 aromatic rings. The summed E-state index contributed by atoms with van der Waals surface area (Å²) in [4.78, 5) is 36.1. The number of rotatable bonds is 8. The summed E-state index contributed by atoms with van der Waals surface area (Å²) in [6.07, 6.45) is 8.10.